The Kier molecular flexibility index (Phi) is 12.0. The van der Waals surface area contributed by atoms with Crippen LogP contribution in [0.15, 0.2) is 78.3 Å². The number of hydrogen-bond donors (Lipinski definition) is 4. The van der Waals surface area contributed by atoms with Gasteiger partial charge in [-0.15, -0.1) is 0 Å². The summed E-state index contributed by atoms with van der Waals surface area (Å²) < 4.78 is 52.7. The summed E-state index contributed by atoms with van der Waals surface area (Å²) in [5.74, 6) is 0.0843. The maximum Gasteiger partial charge on any atom is 0.296 e. The fourth-order valence-corrected chi connectivity index (χ4v) is 12.3. The third-order valence-corrected chi connectivity index (χ3v) is 16.3. The number of alkyl halides is 1. The number of sulfonamides is 1. The number of carbonyl (C=O) groups is 2. The Bertz CT molecular complexity index is 3060. The first-order valence-corrected chi connectivity index (χ1v) is 25.2. The number of ether oxygens (including phenoxy) is 1. The van der Waals surface area contributed by atoms with Crippen LogP contribution in [0, 0.1) is 15.5 Å². The molecular weight excluding hydrogens is 906 g/mol. The first-order valence-electron chi connectivity index (χ1n) is 23.7. The monoisotopic (exact) mass is 961 g/mol. The van der Waals surface area contributed by atoms with Gasteiger partial charge in [0.1, 0.15) is 50.3 Å². The number of fused-ring (bicyclic) bond motifs is 2. The number of aromatic nitrogens is 5. The van der Waals surface area contributed by atoms with Crippen LogP contribution in [0.3, 0.4) is 0 Å². The number of likely N-dealkylation sites (tertiary alicyclic amines) is 2. The minimum atomic E-state index is -4.87. The van der Waals surface area contributed by atoms with Crippen LogP contribution in [-0.2, 0) is 14.8 Å². The van der Waals surface area contributed by atoms with Crippen LogP contribution in [0.2, 0.25) is 0 Å². The predicted octanol–water partition coefficient (Wildman–Crippen LogP) is 8.13. The second kappa shape index (κ2) is 18.0. The van der Waals surface area contributed by atoms with Crippen molar-refractivity contribution >= 4 is 61.1 Å². The van der Waals surface area contributed by atoms with Gasteiger partial charge in [0.2, 0.25) is 5.91 Å². The first kappa shape index (κ1) is 46.1. The van der Waals surface area contributed by atoms with E-state index in [0.717, 1.165) is 63.1 Å². The number of nitrogens with one attached hydrogen (secondary N) is 4. The number of nitro groups is 1. The smallest absolute Gasteiger partial charge is 0.296 e. The number of rotatable bonds is 13. The highest BCUT2D eigenvalue weighted by atomic mass is 32.2. The topological polar surface area (TPSA) is 225 Å². The van der Waals surface area contributed by atoms with E-state index in [2.05, 4.69) is 82.9 Å². The zero-order valence-electron chi connectivity index (χ0n) is 38.8. The molecule has 10 rings (SSSR count). The lowest BCUT2D eigenvalue weighted by molar-refractivity contribution is -0.384. The van der Waals surface area contributed by atoms with E-state index in [4.69, 9.17) is 4.74 Å². The van der Waals surface area contributed by atoms with Crippen molar-refractivity contribution in [2.24, 2.45) is 5.41 Å². The molecule has 1 unspecified atom stereocenters. The molecule has 362 valence electrons. The number of hydrogen-bond acceptors (Lipinski definition) is 13. The summed E-state index contributed by atoms with van der Waals surface area (Å²) in [4.78, 5) is 62.5. The summed E-state index contributed by atoms with van der Waals surface area (Å²) in [7, 11) is -4.87. The quantitative estimate of drug-likeness (QED) is 0.0635. The summed E-state index contributed by atoms with van der Waals surface area (Å²) in [6.45, 7) is 8.57. The third kappa shape index (κ3) is 8.95. The van der Waals surface area contributed by atoms with Gasteiger partial charge in [0.05, 0.1) is 23.0 Å². The number of H-pyrrole nitrogens is 2. The van der Waals surface area contributed by atoms with Gasteiger partial charge >= 0.3 is 0 Å². The van der Waals surface area contributed by atoms with Gasteiger partial charge in [-0.3, -0.25) is 24.6 Å². The predicted molar refractivity (Wildman–Crippen MR) is 258 cm³/mol. The molecule has 1 aliphatic carbocycles. The van der Waals surface area contributed by atoms with Crippen LogP contribution in [0.5, 0.6) is 11.5 Å². The molecule has 4 fully saturated rings. The third-order valence-electron chi connectivity index (χ3n) is 15.0. The molecule has 0 bridgehead atoms. The molecule has 7 heterocycles. The second-order valence-corrected chi connectivity index (χ2v) is 21.2. The van der Waals surface area contributed by atoms with Gasteiger partial charge in [-0.2, -0.15) is 0 Å². The molecule has 2 aromatic carbocycles. The van der Waals surface area contributed by atoms with E-state index < -0.39 is 37.1 Å². The SMILES string of the molecule is CC(=O)N1CCC(F)(CNc2c([N+](=O)[O-])cc(S(=O)(=O)NC(=O)c3cnc(N4CCC5(CC4)CC(N4CCCC4c4ccccc4C(C)C)C5)cc3Oc3cnc4[nH]ccc4c3)c3nc[nH]c23)CC1. The van der Waals surface area contributed by atoms with E-state index in [-0.39, 0.29) is 71.8 Å². The summed E-state index contributed by atoms with van der Waals surface area (Å²) in [6, 6.07) is 15.9. The number of amides is 2. The number of halogens is 1. The largest absolute Gasteiger partial charge is 0.455 e. The van der Waals surface area contributed by atoms with Crippen molar-refractivity contribution in [2.75, 3.05) is 49.5 Å². The van der Waals surface area contributed by atoms with Gasteiger partial charge in [-0.25, -0.2) is 32.5 Å². The Morgan fingerprint density at radius 2 is 1.75 bits per heavy atom. The zero-order valence-corrected chi connectivity index (χ0v) is 39.7. The number of nitrogens with zero attached hydrogens (tertiary/aromatic N) is 7. The molecule has 1 saturated carbocycles. The number of aromatic amines is 2. The molecule has 6 aromatic rings. The van der Waals surface area contributed by atoms with Crippen molar-refractivity contribution in [3.63, 3.8) is 0 Å². The molecule has 18 nitrogen and oxygen atoms in total. The van der Waals surface area contributed by atoms with Gasteiger partial charge in [-0.05, 0) is 79.7 Å². The second-order valence-electron chi connectivity index (χ2n) is 19.6. The average molecular weight is 962 g/mol. The molecule has 3 aliphatic heterocycles. The van der Waals surface area contributed by atoms with Crippen LogP contribution < -0.4 is 19.7 Å². The number of carbonyl (C=O) groups excluding carboxylic acids is 2. The molecule has 0 radical (unpaired) electrons. The standard InChI is InChI=1S/C49H56FN11O7S/c1-30(2)35-7-4-5-8-36(35)38-9-6-16-60(38)33-24-48(25-33)11-17-59(18-12-48)42-23-40(68-34-21-32-10-15-51-46(32)53-26-34)37(27-52-42)47(63)57-69(66,67)41-22-39(61(64)65)43(45-44(41)55-29-56-45)54-28-49(50)13-19-58(20-14-49)31(3)62/h4-5,7-8,10,15,21-23,26-27,29-30,33,38,54H,6,9,11-14,16-20,24-25,28H2,1-3H3,(H,51,53)(H,55,56)(H,57,63). The van der Waals surface area contributed by atoms with Crippen molar-refractivity contribution in [2.45, 2.75) is 101 Å². The van der Waals surface area contributed by atoms with E-state index in [1.807, 2.05) is 6.07 Å². The lowest BCUT2D eigenvalue weighted by Gasteiger charge is -2.56. The molecule has 20 heteroatoms. The lowest BCUT2D eigenvalue weighted by atomic mass is 9.60. The van der Waals surface area contributed by atoms with Crippen molar-refractivity contribution in [1.82, 2.24) is 39.4 Å². The molecule has 1 atom stereocenters. The number of pyridine rings is 2. The maximum atomic E-state index is 15.9. The number of anilines is 2. The zero-order chi connectivity index (χ0) is 48.2. The summed E-state index contributed by atoms with van der Waals surface area (Å²) in [5, 5.41) is 16.1. The Morgan fingerprint density at radius 3 is 2.49 bits per heavy atom. The van der Waals surface area contributed by atoms with E-state index in [0.29, 0.717) is 35.2 Å². The summed E-state index contributed by atoms with van der Waals surface area (Å²) >= 11 is 0. The van der Waals surface area contributed by atoms with Gasteiger partial charge in [-0.1, -0.05) is 38.1 Å². The first-order chi connectivity index (χ1) is 33.1. The molecule has 69 heavy (non-hydrogen) atoms. The fraction of sp³-hybridized carbons (Fsp3) is 0.449. The molecule has 4 N–H and O–H groups in total. The van der Waals surface area contributed by atoms with Gasteiger partial charge in [0, 0.05) is 94.5 Å². The molecule has 1 spiro atoms. The number of nitro benzene ring substituents is 1. The minimum absolute atomic E-state index is 0.00444. The van der Waals surface area contributed by atoms with Crippen LogP contribution in [-0.4, -0.2) is 111 Å². The maximum absolute atomic E-state index is 15.9. The van der Waals surface area contributed by atoms with Gasteiger partial charge in [0.15, 0.2) is 0 Å². The average Bonchev–Trinajstić information content (AvgIpc) is 4.12. The highest BCUT2D eigenvalue weighted by Crippen LogP contribution is 2.54. The van der Waals surface area contributed by atoms with Crippen molar-refractivity contribution in [1.29, 1.82) is 0 Å². The Morgan fingerprint density at radius 1 is 0.986 bits per heavy atom. The van der Waals surface area contributed by atoms with E-state index in [9.17, 15) is 28.1 Å². The van der Waals surface area contributed by atoms with Crippen molar-refractivity contribution in [3.8, 4) is 11.5 Å². The Labute approximate surface area is 398 Å². The highest BCUT2D eigenvalue weighted by molar-refractivity contribution is 7.90. The lowest BCUT2D eigenvalue weighted by Crippen LogP contribution is -2.55. The minimum Gasteiger partial charge on any atom is -0.455 e. The van der Waals surface area contributed by atoms with E-state index >= 15 is 4.39 Å². The van der Waals surface area contributed by atoms with Crippen LogP contribution >= 0.6 is 0 Å². The van der Waals surface area contributed by atoms with E-state index in [1.54, 1.807) is 18.3 Å². The van der Waals surface area contributed by atoms with Gasteiger partial charge in [0.25, 0.3) is 21.6 Å². The van der Waals surface area contributed by atoms with Crippen molar-refractivity contribution < 1.29 is 32.1 Å². The van der Waals surface area contributed by atoms with Crippen LogP contribution in [0.25, 0.3) is 22.1 Å². The number of piperidine rings is 2. The van der Waals surface area contributed by atoms with Crippen LogP contribution in [0.4, 0.5) is 21.6 Å². The van der Waals surface area contributed by atoms with Gasteiger partial charge < -0.3 is 29.8 Å². The van der Waals surface area contributed by atoms with E-state index in [1.165, 1.54) is 48.2 Å². The normalized spacial score (nSPS) is 19.6. The summed E-state index contributed by atoms with van der Waals surface area (Å²) in [5.41, 5.74) is 0.638. The Hall–Kier alpha value is -6.67. The van der Waals surface area contributed by atoms with Crippen molar-refractivity contribution in [3.05, 3.63) is 100 Å². The van der Waals surface area contributed by atoms with Crippen LogP contribution in [0.1, 0.15) is 106 Å². The molecular formula is C49H56FN11O7S. The Balaban J connectivity index is 0.871. The molecule has 2 amide bonds. The summed E-state index contributed by atoms with van der Waals surface area (Å²) in [6.07, 6.45) is 12.3. The fourth-order valence-electron chi connectivity index (χ4n) is 11.1. The molecule has 4 aromatic heterocycles. The molecule has 3 saturated heterocycles. The number of imidazole rings is 1. The molecule has 4 aliphatic rings. The number of benzene rings is 2. The highest BCUT2D eigenvalue weighted by Gasteiger charge is 2.50.